The Morgan fingerprint density at radius 3 is 2.60 bits per heavy atom. The molecule has 0 unspecified atom stereocenters. The molecular weight excluding hydrogens is 248 g/mol. The van der Waals surface area contributed by atoms with Gasteiger partial charge in [-0.05, 0) is 35.7 Å². The van der Waals surface area contributed by atoms with Crippen molar-refractivity contribution >= 4 is 0 Å². The minimum atomic E-state index is 0.575. The molecule has 0 fully saturated rings. The molecule has 1 aromatic heterocycles. The minimum absolute atomic E-state index is 0.575. The number of rotatable bonds is 7. The Balaban J connectivity index is 1.93. The molecule has 1 N–H and O–H groups in total. The third-order valence-corrected chi connectivity index (χ3v) is 3.02. The number of pyridine rings is 1. The number of hydrogen-bond donors (Lipinski definition) is 1. The molecule has 106 valence electrons. The van der Waals surface area contributed by atoms with Crippen LogP contribution >= 0.6 is 0 Å². The van der Waals surface area contributed by atoms with Gasteiger partial charge >= 0.3 is 0 Å². The van der Waals surface area contributed by atoms with E-state index in [9.17, 15) is 0 Å². The number of aromatic nitrogens is 1. The molecule has 1 aromatic carbocycles. The van der Waals surface area contributed by atoms with E-state index in [1.165, 1.54) is 11.1 Å². The van der Waals surface area contributed by atoms with E-state index in [0.717, 1.165) is 18.8 Å². The second-order valence-corrected chi connectivity index (χ2v) is 5.27. The lowest BCUT2D eigenvalue weighted by atomic mass is 10.1. The van der Waals surface area contributed by atoms with Crippen molar-refractivity contribution < 1.29 is 4.74 Å². The summed E-state index contributed by atoms with van der Waals surface area (Å²) in [7, 11) is 0. The van der Waals surface area contributed by atoms with E-state index in [0.29, 0.717) is 12.5 Å². The molecule has 0 amide bonds. The fourth-order valence-corrected chi connectivity index (χ4v) is 1.96. The molecule has 0 radical (unpaired) electrons. The summed E-state index contributed by atoms with van der Waals surface area (Å²) in [5.41, 5.74) is 2.50. The summed E-state index contributed by atoms with van der Waals surface area (Å²) in [6.07, 6.45) is 3.48. The Kier molecular flexibility index (Phi) is 5.56. The topological polar surface area (TPSA) is 34.1 Å². The predicted octanol–water partition coefficient (Wildman–Crippen LogP) is 3.41. The third kappa shape index (κ3) is 4.67. The molecule has 0 spiro atoms. The highest BCUT2D eigenvalue weighted by molar-refractivity contribution is 5.27. The third-order valence-electron chi connectivity index (χ3n) is 3.02. The van der Waals surface area contributed by atoms with Gasteiger partial charge in [-0.25, -0.2) is 0 Å². The first-order valence-electron chi connectivity index (χ1n) is 7.06. The number of ether oxygens (including phenoxy) is 1. The van der Waals surface area contributed by atoms with Crippen LogP contribution in [-0.2, 0) is 13.2 Å². The molecule has 1 heterocycles. The minimum Gasteiger partial charge on any atom is -0.487 e. The largest absolute Gasteiger partial charge is 0.487 e. The van der Waals surface area contributed by atoms with Crippen LogP contribution in [0.4, 0.5) is 0 Å². The molecular formula is C17H22N2O. The number of nitrogens with one attached hydrogen (secondary N) is 1. The van der Waals surface area contributed by atoms with E-state index in [4.69, 9.17) is 4.74 Å². The van der Waals surface area contributed by atoms with E-state index in [-0.39, 0.29) is 0 Å². The van der Waals surface area contributed by atoms with Gasteiger partial charge in [-0.2, -0.15) is 0 Å². The van der Waals surface area contributed by atoms with Crippen molar-refractivity contribution in [3.8, 4) is 5.75 Å². The first-order valence-corrected chi connectivity index (χ1v) is 7.06. The van der Waals surface area contributed by atoms with E-state index < -0.39 is 0 Å². The number of benzene rings is 1. The lowest BCUT2D eigenvalue weighted by Gasteiger charge is -2.12. The molecule has 0 bridgehead atoms. The van der Waals surface area contributed by atoms with Crippen molar-refractivity contribution in [1.29, 1.82) is 0 Å². The van der Waals surface area contributed by atoms with E-state index in [1.54, 1.807) is 12.4 Å². The van der Waals surface area contributed by atoms with Crippen LogP contribution in [0.3, 0.4) is 0 Å². The van der Waals surface area contributed by atoms with Gasteiger partial charge in [0.2, 0.25) is 0 Å². The summed E-state index contributed by atoms with van der Waals surface area (Å²) in [6, 6.07) is 12.2. The summed E-state index contributed by atoms with van der Waals surface area (Å²) in [5.74, 6) is 1.46. The standard InChI is InChI=1S/C17H22N2O/c1-14(2)10-19-11-15-6-3-4-7-16(15)13-20-17-8-5-9-18-12-17/h3-9,12,14,19H,10-11,13H2,1-2H3. The normalized spacial score (nSPS) is 10.8. The summed E-state index contributed by atoms with van der Waals surface area (Å²) in [4.78, 5) is 4.05. The van der Waals surface area contributed by atoms with Gasteiger partial charge in [0.1, 0.15) is 12.4 Å². The first-order chi connectivity index (χ1) is 9.75. The Morgan fingerprint density at radius 2 is 1.90 bits per heavy atom. The van der Waals surface area contributed by atoms with Crippen LogP contribution in [0.25, 0.3) is 0 Å². The molecule has 0 aliphatic rings. The average Bonchev–Trinajstić information content (AvgIpc) is 2.47. The quantitative estimate of drug-likeness (QED) is 0.837. The number of hydrogen-bond acceptors (Lipinski definition) is 3. The zero-order chi connectivity index (χ0) is 14.2. The van der Waals surface area contributed by atoms with Gasteiger partial charge in [-0.3, -0.25) is 4.98 Å². The summed E-state index contributed by atoms with van der Waals surface area (Å²) < 4.78 is 5.77. The molecule has 20 heavy (non-hydrogen) atoms. The number of nitrogens with zero attached hydrogens (tertiary/aromatic N) is 1. The highest BCUT2D eigenvalue weighted by Crippen LogP contribution is 2.13. The van der Waals surface area contributed by atoms with Crippen LogP contribution in [0.2, 0.25) is 0 Å². The van der Waals surface area contributed by atoms with Crippen molar-refractivity contribution in [2.75, 3.05) is 6.54 Å². The highest BCUT2D eigenvalue weighted by atomic mass is 16.5. The SMILES string of the molecule is CC(C)CNCc1ccccc1COc1cccnc1. The second kappa shape index (κ2) is 7.65. The van der Waals surface area contributed by atoms with Gasteiger partial charge in [0.25, 0.3) is 0 Å². The van der Waals surface area contributed by atoms with Crippen molar-refractivity contribution in [3.05, 3.63) is 59.9 Å². The summed E-state index contributed by atoms with van der Waals surface area (Å²) in [6.45, 7) is 6.91. The zero-order valence-corrected chi connectivity index (χ0v) is 12.2. The smallest absolute Gasteiger partial charge is 0.138 e. The molecule has 2 aromatic rings. The Bertz CT molecular complexity index is 511. The van der Waals surface area contributed by atoms with Crippen LogP contribution in [-0.4, -0.2) is 11.5 Å². The lowest BCUT2D eigenvalue weighted by Crippen LogP contribution is -2.20. The van der Waals surface area contributed by atoms with Crippen LogP contribution in [0.5, 0.6) is 5.75 Å². The van der Waals surface area contributed by atoms with E-state index in [2.05, 4.69) is 42.3 Å². The molecule has 2 rings (SSSR count). The molecule has 0 atom stereocenters. The van der Waals surface area contributed by atoms with E-state index >= 15 is 0 Å². The monoisotopic (exact) mass is 270 g/mol. The van der Waals surface area contributed by atoms with Crippen LogP contribution in [0.15, 0.2) is 48.8 Å². The Labute approximate surface area is 121 Å². The predicted molar refractivity (Wildman–Crippen MR) is 81.6 cm³/mol. The van der Waals surface area contributed by atoms with Gasteiger partial charge in [0.05, 0.1) is 6.20 Å². The maximum atomic E-state index is 5.77. The van der Waals surface area contributed by atoms with Gasteiger partial charge < -0.3 is 10.1 Å². The van der Waals surface area contributed by atoms with Crippen LogP contribution in [0, 0.1) is 5.92 Å². The van der Waals surface area contributed by atoms with E-state index in [1.807, 2.05) is 18.2 Å². The van der Waals surface area contributed by atoms with Crippen molar-refractivity contribution in [2.24, 2.45) is 5.92 Å². The fourth-order valence-electron chi connectivity index (χ4n) is 1.96. The maximum Gasteiger partial charge on any atom is 0.138 e. The fraction of sp³-hybridized carbons (Fsp3) is 0.353. The summed E-state index contributed by atoms with van der Waals surface area (Å²) >= 11 is 0. The molecule has 0 aliphatic carbocycles. The molecule has 0 aliphatic heterocycles. The Hall–Kier alpha value is -1.87. The van der Waals surface area contributed by atoms with Crippen LogP contribution in [0.1, 0.15) is 25.0 Å². The van der Waals surface area contributed by atoms with Gasteiger partial charge in [0.15, 0.2) is 0 Å². The Morgan fingerprint density at radius 1 is 1.10 bits per heavy atom. The zero-order valence-electron chi connectivity index (χ0n) is 12.2. The van der Waals surface area contributed by atoms with Gasteiger partial charge in [0, 0.05) is 12.7 Å². The lowest BCUT2D eigenvalue weighted by molar-refractivity contribution is 0.303. The van der Waals surface area contributed by atoms with Crippen LogP contribution < -0.4 is 10.1 Å². The molecule has 0 saturated carbocycles. The maximum absolute atomic E-state index is 5.77. The van der Waals surface area contributed by atoms with Crippen molar-refractivity contribution in [1.82, 2.24) is 10.3 Å². The summed E-state index contributed by atoms with van der Waals surface area (Å²) in [5, 5.41) is 3.47. The second-order valence-electron chi connectivity index (χ2n) is 5.27. The highest BCUT2D eigenvalue weighted by Gasteiger charge is 2.03. The molecule has 0 saturated heterocycles. The first kappa shape index (κ1) is 14.5. The molecule has 3 heteroatoms. The average molecular weight is 270 g/mol. The van der Waals surface area contributed by atoms with Gasteiger partial charge in [-0.15, -0.1) is 0 Å². The molecule has 3 nitrogen and oxygen atoms in total. The van der Waals surface area contributed by atoms with Crippen molar-refractivity contribution in [3.63, 3.8) is 0 Å². The van der Waals surface area contributed by atoms with Crippen molar-refractivity contribution in [2.45, 2.75) is 27.0 Å². The van der Waals surface area contributed by atoms with Gasteiger partial charge in [-0.1, -0.05) is 38.1 Å².